The van der Waals surface area contributed by atoms with E-state index in [1.165, 1.54) is 0 Å². The van der Waals surface area contributed by atoms with E-state index in [2.05, 4.69) is 58.0 Å². The third-order valence-electron chi connectivity index (χ3n) is 10.3. The Labute approximate surface area is 259 Å². The number of ether oxygens (including phenoxy) is 1. The summed E-state index contributed by atoms with van der Waals surface area (Å²) in [6, 6.07) is -0.259. The van der Waals surface area contributed by atoms with Gasteiger partial charge in [0.2, 0.25) is 5.91 Å². The molecule has 2 fully saturated rings. The molecule has 7 nitrogen and oxygen atoms in total. The standard InChI is InChI=1S/C33H56N2O5SSi/c1-20-14-13-15-33(10)27(39-33)17-25(21(2)16-24-19-41-23(4)34-24)35-28(37)18-26(36)32(8,9)30(38)22(3)29(20)40-42(11,12)31(5,6)7/h16,19-20,22,25-27,29,36H,13-15,17-18H2,1-12H3,(H,35,37)/t20-,22+,25-,26-,27-,29?,33+/m0/s1. The van der Waals surface area contributed by atoms with Crippen molar-refractivity contribution in [3.8, 4) is 0 Å². The highest BCUT2D eigenvalue weighted by Crippen LogP contribution is 2.45. The maximum absolute atomic E-state index is 14.1. The lowest BCUT2D eigenvalue weighted by molar-refractivity contribution is -0.142. The topological polar surface area (TPSA) is 101 Å². The zero-order valence-electron chi connectivity index (χ0n) is 28.1. The summed E-state index contributed by atoms with van der Waals surface area (Å²) in [4.78, 5) is 32.0. The van der Waals surface area contributed by atoms with Crippen LogP contribution in [0.3, 0.4) is 0 Å². The number of nitrogens with zero attached hydrogens (tertiary/aromatic N) is 1. The van der Waals surface area contributed by atoms with Crippen molar-refractivity contribution in [3.05, 3.63) is 21.7 Å². The second-order valence-electron chi connectivity index (χ2n) is 15.3. The first-order valence-electron chi connectivity index (χ1n) is 15.7. The smallest absolute Gasteiger partial charge is 0.223 e. The van der Waals surface area contributed by atoms with Crippen LogP contribution in [0.15, 0.2) is 11.0 Å². The van der Waals surface area contributed by atoms with E-state index >= 15 is 0 Å². The molecule has 2 aliphatic rings. The average molecular weight is 621 g/mol. The van der Waals surface area contributed by atoms with Gasteiger partial charge < -0.3 is 19.6 Å². The number of nitrogens with one attached hydrogen (secondary N) is 1. The van der Waals surface area contributed by atoms with Gasteiger partial charge in [0.05, 0.1) is 52.5 Å². The number of aromatic nitrogens is 1. The Morgan fingerprint density at radius 3 is 2.45 bits per heavy atom. The number of Topliss-reactive ketones (excluding diaryl/α,β-unsaturated/α-hetero) is 1. The van der Waals surface area contributed by atoms with E-state index in [-0.39, 0.29) is 52.9 Å². The Morgan fingerprint density at radius 1 is 1.24 bits per heavy atom. The van der Waals surface area contributed by atoms with Crippen LogP contribution in [0.25, 0.3) is 6.08 Å². The molecule has 0 aliphatic carbocycles. The summed E-state index contributed by atoms with van der Waals surface area (Å²) in [5, 5.41) is 17.5. The summed E-state index contributed by atoms with van der Waals surface area (Å²) in [6.07, 6.45) is 3.95. The number of carbonyl (C=O) groups is 2. The van der Waals surface area contributed by atoms with Gasteiger partial charge in [0.15, 0.2) is 8.32 Å². The van der Waals surface area contributed by atoms with Gasteiger partial charge in [-0.2, -0.15) is 0 Å². The fraction of sp³-hybridized carbons (Fsp3) is 0.788. The van der Waals surface area contributed by atoms with Crippen molar-refractivity contribution >= 4 is 37.4 Å². The minimum absolute atomic E-state index is 0.00183. The van der Waals surface area contributed by atoms with Gasteiger partial charge in [-0.1, -0.05) is 54.9 Å². The first-order valence-corrected chi connectivity index (χ1v) is 19.4. The van der Waals surface area contributed by atoms with Gasteiger partial charge in [-0.25, -0.2) is 4.98 Å². The van der Waals surface area contributed by atoms with E-state index in [0.29, 0.717) is 6.42 Å². The quantitative estimate of drug-likeness (QED) is 0.276. The van der Waals surface area contributed by atoms with Gasteiger partial charge >= 0.3 is 0 Å². The first kappa shape index (κ1) is 35.1. The summed E-state index contributed by atoms with van der Waals surface area (Å²) in [6.45, 7) is 24.9. The molecule has 238 valence electrons. The van der Waals surface area contributed by atoms with Gasteiger partial charge in [-0.3, -0.25) is 9.59 Å². The van der Waals surface area contributed by atoms with Crippen LogP contribution in [0.2, 0.25) is 18.1 Å². The molecule has 9 heteroatoms. The van der Waals surface area contributed by atoms with Crippen LogP contribution < -0.4 is 5.32 Å². The lowest BCUT2D eigenvalue weighted by Crippen LogP contribution is -2.52. The summed E-state index contributed by atoms with van der Waals surface area (Å²) >= 11 is 1.59. The highest BCUT2D eigenvalue weighted by Gasteiger charge is 2.53. The van der Waals surface area contributed by atoms with E-state index in [1.54, 1.807) is 25.2 Å². The molecule has 0 radical (unpaired) electrons. The summed E-state index contributed by atoms with van der Waals surface area (Å²) in [5.41, 5.74) is 0.514. The fourth-order valence-corrected chi connectivity index (χ4v) is 7.95. The molecule has 2 aliphatic heterocycles. The van der Waals surface area contributed by atoms with Crippen molar-refractivity contribution < 1.29 is 23.9 Å². The van der Waals surface area contributed by atoms with Crippen molar-refractivity contribution in [2.24, 2.45) is 17.3 Å². The number of aliphatic hydroxyl groups excluding tert-OH is 1. The number of epoxide rings is 1. The molecule has 2 N–H and O–H groups in total. The van der Waals surface area contributed by atoms with Crippen molar-refractivity contribution in [2.75, 3.05) is 0 Å². The molecule has 42 heavy (non-hydrogen) atoms. The molecule has 2 saturated heterocycles. The van der Waals surface area contributed by atoms with Gasteiger partial charge in [0.25, 0.3) is 0 Å². The maximum Gasteiger partial charge on any atom is 0.223 e. The normalized spacial score (nSPS) is 34.1. The predicted octanol–water partition coefficient (Wildman–Crippen LogP) is 7.08. The molecule has 1 aromatic rings. The molecule has 3 rings (SSSR count). The number of thiazole rings is 1. The van der Waals surface area contributed by atoms with Crippen LogP contribution in [-0.4, -0.2) is 60.1 Å². The molecule has 0 aromatic carbocycles. The molecular formula is C33H56N2O5SSi. The van der Waals surface area contributed by atoms with Crippen LogP contribution in [0, 0.1) is 24.2 Å². The van der Waals surface area contributed by atoms with Gasteiger partial charge in [-0.05, 0) is 69.3 Å². The van der Waals surface area contributed by atoms with Gasteiger partial charge in [0, 0.05) is 17.7 Å². The van der Waals surface area contributed by atoms with Crippen LogP contribution >= 0.6 is 11.3 Å². The number of amides is 1. The van der Waals surface area contributed by atoms with E-state index in [0.717, 1.165) is 35.5 Å². The molecular weight excluding hydrogens is 565 g/mol. The lowest BCUT2D eigenvalue weighted by atomic mass is 9.72. The Hall–Kier alpha value is -1.39. The minimum Gasteiger partial charge on any atom is -0.413 e. The zero-order valence-corrected chi connectivity index (χ0v) is 29.9. The Morgan fingerprint density at radius 2 is 1.88 bits per heavy atom. The van der Waals surface area contributed by atoms with Crippen molar-refractivity contribution in [3.63, 3.8) is 0 Å². The highest BCUT2D eigenvalue weighted by molar-refractivity contribution is 7.09. The molecule has 0 bridgehead atoms. The number of carbonyl (C=O) groups excluding carboxylic acids is 2. The summed E-state index contributed by atoms with van der Waals surface area (Å²) < 4.78 is 13.2. The van der Waals surface area contributed by atoms with Crippen LogP contribution in [0.5, 0.6) is 0 Å². The number of ketones is 1. The number of hydrogen-bond acceptors (Lipinski definition) is 7. The average Bonchev–Trinajstić information content (AvgIpc) is 3.31. The third-order valence-corrected chi connectivity index (χ3v) is 15.5. The molecule has 7 atom stereocenters. The van der Waals surface area contributed by atoms with Crippen molar-refractivity contribution in [1.82, 2.24) is 10.3 Å². The molecule has 1 unspecified atom stereocenters. The molecule has 1 aromatic heterocycles. The molecule has 3 heterocycles. The number of aryl methyl sites for hydroxylation is 1. The molecule has 0 spiro atoms. The monoisotopic (exact) mass is 620 g/mol. The number of hydrogen-bond donors (Lipinski definition) is 2. The maximum atomic E-state index is 14.1. The fourth-order valence-electron chi connectivity index (χ4n) is 5.91. The van der Waals surface area contributed by atoms with Crippen LogP contribution in [-0.2, 0) is 18.8 Å². The van der Waals surface area contributed by atoms with Crippen molar-refractivity contribution in [1.29, 1.82) is 0 Å². The number of rotatable bonds is 4. The zero-order chi connectivity index (χ0) is 31.8. The van der Waals surface area contributed by atoms with Gasteiger partial charge in [0.1, 0.15) is 5.78 Å². The largest absolute Gasteiger partial charge is 0.413 e. The molecule has 1 amide bonds. The Bertz CT molecular complexity index is 1160. The first-order chi connectivity index (χ1) is 19.2. The third kappa shape index (κ3) is 8.20. The van der Waals surface area contributed by atoms with Gasteiger partial charge in [-0.15, -0.1) is 11.3 Å². The van der Waals surface area contributed by atoms with E-state index in [4.69, 9.17) is 9.16 Å². The predicted molar refractivity (Wildman–Crippen MR) is 174 cm³/mol. The Kier molecular flexibility index (Phi) is 10.8. The lowest BCUT2D eigenvalue weighted by Gasteiger charge is -2.44. The van der Waals surface area contributed by atoms with Crippen LogP contribution in [0.4, 0.5) is 0 Å². The number of aliphatic hydroxyl groups is 1. The highest BCUT2D eigenvalue weighted by atomic mass is 32.1. The summed E-state index contributed by atoms with van der Waals surface area (Å²) in [7, 11) is -2.18. The minimum atomic E-state index is -2.18. The molecule has 0 saturated carbocycles. The Balaban J connectivity index is 1.91. The number of fused-ring (bicyclic) bond motifs is 1. The SMILES string of the molecule is CC(=Cc1csc(C)n1)[C@@H]1C[C@@H]2O[C@]2(C)CCC[C@H](C)C(O[Si](C)(C)C(C)(C)C)[C@@H](C)C(=O)C(C)(C)[C@@H](O)CC(=O)N1. The van der Waals surface area contributed by atoms with E-state index < -0.39 is 25.8 Å². The van der Waals surface area contributed by atoms with E-state index in [1.807, 2.05) is 32.2 Å². The summed E-state index contributed by atoms with van der Waals surface area (Å²) in [5.74, 6) is -0.605. The second kappa shape index (κ2) is 12.9. The van der Waals surface area contributed by atoms with E-state index in [9.17, 15) is 14.7 Å². The van der Waals surface area contributed by atoms with Crippen LogP contribution in [0.1, 0.15) is 105 Å². The van der Waals surface area contributed by atoms with Crippen molar-refractivity contribution in [2.45, 2.75) is 149 Å². The second-order valence-corrected chi connectivity index (χ2v) is 21.1.